The number of benzene rings is 1. The van der Waals surface area contributed by atoms with E-state index in [0.717, 1.165) is 0 Å². The first-order valence-corrected chi connectivity index (χ1v) is 7.31. The highest BCUT2D eigenvalue weighted by molar-refractivity contribution is 5.98. The van der Waals surface area contributed by atoms with Crippen molar-refractivity contribution in [3.05, 3.63) is 29.8 Å². The van der Waals surface area contributed by atoms with E-state index in [4.69, 9.17) is 4.74 Å². The topological polar surface area (TPSA) is 84.9 Å². The minimum absolute atomic E-state index is 0.0505. The van der Waals surface area contributed by atoms with Gasteiger partial charge in [0.15, 0.2) is 0 Å². The largest absolute Gasteiger partial charge is 0.465 e. The quantitative estimate of drug-likeness (QED) is 0.788. The second-order valence-corrected chi connectivity index (χ2v) is 5.30. The number of carbonyl (C=O) groups is 3. The molecule has 0 radical (unpaired) electrons. The Morgan fingerprint density at radius 1 is 1.35 bits per heavy atom. The lowest BCUT2D eigenvalue weighted by Gasteiger charge is -2.15. The highest BCUT2D eigenvalue weighted by Crippen LogP contribution is 2.20. The van der Waals surface area contributed by atoms with Crippen molar-refractivity contribution in [1.82, 2.24) is 4.90 Å². The molecule has 1 N–H and O–H groups in total. The van der Waals surface area contributed by atoms with Gasteiger partial charge in [-0.15, -0.1) is 0 Å². The first-order chi connectivity index (χ1) is 11.0. The van der Waals surface area contributed by atoms with Crippen LogP contribution in [0.25, 0.3) is 0 Å². The molecule has 0 bridgehead atoms. The average molecular weight is 320 g/mol. The van der Waals surface area contributed by atoms with E-state index in [1.54, 1.807) is 36.3 Å². The molecule has 2 rings (SSSR count). The number of amides is 2. The second-order valence-electron chi connectivity index (χ2n) is 5.30. The summed E-state index contributed by atoms with van der Waals surface area (Å²) in [6, 6.07) is 6.49. The van der Waals surface area contributed by atoms with Crippen molar-refractivity contribution in [3.63, 3.8) is 0 Å². The van der Waals surface area contributed by atoms with Crippen LogP contribution in [0.2, 0.25) is 0 Å². The number of esters is 1. The van der Waals surface area contributed by atoms with Crippen molar-refractivity contribution in [1.29, 1.82) is 0 Å². The molecule has 0 spiro atoms. The van der Waals surface area contributed by atoms with E-state index < -0.39 is 11.9 Å². The SMILES string of the molecule is COCCN1CC(C(=O)Nc2cccc(C(=O)OC)c2)CC1=O. The van der Waals surface area contributed by atoms with Gasteiger partial charge >= 0.3 is 5.97 Å². The molecule has 1 aliphatic rings. The standard InChI is InChI=1S/C16H20N2O5/c1-22-7-6-18-10-12(9-14(18)19)15(20)17-13-5-3-4-11(8-13)16(21)23-2/h3-5,8,12H,6-7,9-10H2,1-2H3,(H,17,20). The maximum absolute atomic E-state index is 12.3. The average Bonchev–Trinajstić information content (AvgIpc) is 2.93. The monoisotopic (exact) mass is 320 g/mol. The molecule has 1 fully saturated rings. The second kappa shape index (κ2) is 7.73. The minimum atomic E-state index is -0.470. The van der Waals surface area contributed by atoms with Crippen LogP contribution < -0.4 is 5.32 Å². The summed E-state index contributed by atoms with van der Waals surface area (Å²) in [7, 11) is 2.87. The summed E-state index contributed by atoms with van der Waals surface area (Å²) in [6.07, 6.45) is 0.187. The number of hydrogen-bond acceptors (Lipinski definition) is 5. The molecule has 0 aromatic heterocycles. The Kier molecular flexibility index (Phi) is 5.70. The van der Waals surface area contributed by atoms with Crippen molar-refractivity contribution < 1.29 is 23.9 Å². The smallest absolute Gasteiger partial charge is 0.337 e. The van der Waals surface area contributed by atoms with Crippen molar-refractivity contribution >= 4 is 23.5 Å². The summed E-state index contributed by atoms with van der Waals surface area (Å²) in [6.45, 7) is 1.31. The molecule has 1 aliphatic heterocycles. The van der Waals surface area contributed by atoms with Gasteiger partial charge in [-0.2, -0.15) is 0 Å². The summed E-state index contributed by atoms with van der Waals surface area (Å²) in [4.78, 5) is 37.3. The van der Waals surface area contributed by atoms with Crippen LogP contribution in [0, 0.1) is 5.92 Å². The molecular weight excluding hydrogens is 300 g/mol. The Morgan fingerprint density at radius 3 is 2.83 bits per heavy atom. The minimum Gasteiger partial charge on any atom is -0.465 e. The lowest BCUT2D eigenvalue weighted by molar-refractivity contribution is -0.128. The first-order valence-electron chi connectivity index (χ1n) is 7.31. The molecule has 1 aromatic carbocycles. The van der Waals surface area contributed by atoms with Crippen molar-refractivity contribution in [3.8, 4) is 0 Å². The third-order valence-corrected chi connectivity index (χ3v) is 3.70. The normalized spacial score (nSPS) is 17.2. The van der Waals surface area contributed by atoms with Gasteiger partial charge in [0, 0.05) is 32.3 Å². The fraction of sp³-hybridized carbons (Fsp3) is 0.438. The highest BCUT2D eigenvalue weighted by atomic mass is 16.5. The van der Waals surface area contributed by atoms with Crippen molar-refractivity contribution in [2.45, 2.75) is 6.42 Å². The number of carbonyl (C=O) groups excluding carboxylic acids is 3. The van der Waals surface area contributed by atoms with Gasteiger partial charge in [-0.3, -0.25) is 9.59 Å². The molecular formula is C16H20N2O5. The van der Waals surface area contributed by atoms with Gasteiger partial charge in [0.1, 0.15) is 0 Å². The summed E-state index contributed by atoms with van der Waals surface area (Å²) in [5.41, 5.74) is 0.857. The molecule has 7 nitrogen and oxygen atoms in total. The molecule has 1 unspecified atom stereocenters. The number of nitrogens with one attached hydrogen (secondary N) is 1. The summed E-state index contributed by atoms with van der Waals surface area (Å²) >= 11 is 0. The maximum Gasteiger partial charge on any atom is 0.337 e. The molecule has 23 heavy (non-hydrogen) atoms. The number of anilines is 1. The third kappa shape index (κ3) is 4.29. The molecule has 1 heterocycles. The molecule has 2 amide bonds. The van der Waals surface area contributed by atoms with E-state index >= 15 is 0 Å². The molecule has 124 valence electrons. The van der Waals surface area contributed by atoms with Crippen LogP contribution in [0.4, 0.5) is 5.69 Å². The molecule has 0 aliphatic carbocycles. The van der Waals surface area contributed by atoms with E-state index in [2.05, 4.69) is 10.1 Å². The van der Waals surface area contributed by atoms with Crippen LogP contribution in [0.1, 0.15) is 16.8 Å². The molecule has 1 saturated heterocycles. The van der Waals surface area contributed by atoms with Crippen LogP contribution in [0.5, 0.6) is 0 Å². The maximum atomic E-state index is 12.3. The van der Waals surface area contributed by atoms with Crippen molar-refractivity contribution in [2.24, 2.45) is 5.92 Å². The lowest BCUT2D eigenvalue weighted by Crippen LogP contribution is -2.30. The fourth-order valence-corrected chi connectivity index (χ4v) is 2.45. The van der Waals surface area contributed by atoms with Crippen LogP contribution >= 0.6 is 0 Å². The van der Waals surface area contributed by atoms with Crippen LogP contribution in [-0.2, 0) is 19.1 Å². The van der Waals surface area contributed by atoms with Gasteiger partial charge in [0.25, 0.3) is 0 Å². The van der Waals surface area contributed by atoms with Gasteiger partial charge in [-0.05, 0) is 18.2 Å². The summed E-state index contributed by atoms with van der Waals surface area (Å²) < 4.78 is 9.60. The van der Waals surface area contributed by atoms with Crippen LogP contribution in [-0.4, -0.2) is 56.6 Å². The van der Waals surface area contributed by atoms with Gasteiger partial charge in [0.05, 0.1) is 25.2 Å². The summed E-state index contributed by atoms with van der Waals surface area (Å²) in [5, 5.41) is 2.74. The Balaban J connectivity index is 1.97. The van der Waals surface area contributed by atoms with Crippen molar-refractivity contribution in [2.75, 3.05) is 39.2 Å². The number of likely N-dealkylation sites (tertiary alicyclic amines) is 1. The number of rotatable bonds is 6. The first kappa shape index (κ1) is 17.0. The predicted octanol–water partition coefficient (Wildman–Crippen LogP) is 0.907. The van der Waals surface area contributed by atoms with E-state index in [0.29, 0.717) is 30.9 Å². The molecule has 1 atom stereocenters. The zero-order chi connectivity index (χ0) is 16.8. The van der Waals surface area contributed by atoms with Crippen LogP contribution in [0.15, 0.2) is 24.3 Å². The van der Waals surface area contributed by atoms with E-state index in [-0.39, 0.29) is 18.2 Å². The number of hydrogen-bond donors (Lipinski definition) is 1. The Labute approximate surface area is 134 Å². The lowest BCUT2D eigenvalue weighted by atomic mass is 10.1. The predicted molar refractivity (Wildman–Crippen MR) is 83.0 cm³/mol. The Bertz CT molecular complexity index is 602. The zero-order valence-electron chi connectivity index (χ0n) is 13.2. The fourth-order valence-electron chi connectivity index (χ4n) is 2.45. The highest BCUT2D eigenvalue weighted by Gasteiger charge is 2.34. The molecule has 7 heteroatoms. The van der Waals surface area contributed by atoms with E-state index in [9.17, 15) is 14.4 Å². The van der Waals surface area contributed by atoms with E-state index in [1.807, 2.05) is 0 Å². The Hall–Kier alpha value is -2.41. The number of methoxy groups -OCH3 is 2. The third-order valence-electron chi connectivity index (χ3n) is 3.70. The van der Waals surface area contributed by atoms with Gasteiger partial charge in [-0.1, -0.05) is 6.07 Å². The zero-order valence-corrected chi connectivity index (χ0v) is 13.2. The summed E-state index contributed by atoms with van der Waals surface area (Å²) in [5.74, 6) is -1.16. The van der Waals surface area contributed by atoms with Crippen LogP contribution in [0.3, 0.4) is 0 Å². The number of ether oxygens (including phenoxy) is 2. The van der Waals surface area contributed by atoms with Gasteiger partial charge < -0.3 is 19.7 Å². The van der Waals surface area contributed by atoms with Gasteiger partial charge in [-0.25, -0.2) is 4.79 Å². The Morgan fingerprint density at radius 2 is 2.13 bits per heavy atom. The van der Waals surface area contributed by atoms with E-state index in [1.165, 1.54) is 7.11 Å². The number of nitrogens with zero attached hydrogens (tertiary/aromatic N) is 1. The van der Waals surface area contributed by atoms with Gasteiger partial charge in [0.2, 0.25) is 11.8 Å². The molecule has 0 saturated carbocycles. The molecule has 1 aromatic rings.